The Hall–Kier alpha value is -2.07. The number of hydrogen-bond donors (Lipinski definition) is 1. The van der Waals surface area contributed by atoms with Gasteiger partial charge in [-0.1, -0.05) is 12.1 Å². The van der Waals surface area contributed by atoms with Gasteiger partial charge in [0.1, 0.15) is 23.3 Å². The molecule has 1 unspecified atom stereocenters. The Morgan fingerprint density at radius 1 is 1.11 bits per heavy atom. The molecule has 0 fully saturated rings. The van der Waals surface area contributed by atoms with Crippen LogP contribution in [-0.4, -0.2) is 24.3 Å². The Bertz CT molecular complexity index is 528. The average molecular weight is 245 g/mol. The molecule has 94 valence electrons. The summed E-state index contributed by atoms with van der Waals surface area (Å²) in [6.45, 7) is 0. The van der Waals surface area contributed by atoms with Crippen LogP contribution in [0.1, 0.15) is 17.4 Å². The number of pyridine rings is 1. The fourth-order valence-corrected chi connectivity index (χ4v) is 1.75. The van der Waals surface area contributed by atoms with Crippen LogP contribution in [0.2, 0.25) is 0 Å². The predicted octanol–water partition coefficient (Wildman–Crippen LogP) is 2.18. The van der Waals surface area contributed by atoms with E-state index in [0.29, 0.717) is 22.8 Å². The summed E-state index contributed by atoms with van der Waals surface area (Å²) in [6.07, 6.45) is 0.789. The van der Waals surface area contributed by atoms with Gasteiger partial charge in [-0.25, -0.2) is 0 Å². The lowest BCUT2D eigenvalue weighted by Crippen LogP contribution is -2.05. The molecule has 18 heavy (non-hydrogen) atoms. The molecule has 0 aliphatic carbocycles. The van der Waals surface area contributed by atoms with Gasteiger partial charge in [0, 0.05) is 6.20 Å². The molecule has 2 rings (SSSR count). The Kier molecular flexibility index (Phi) is 3.79. The van der Waals surface area contributed by atoms with E-state index in [1.54, 1.807) is 38.6 Å². The van der Waals surface area contributed by atoms with Crippen molar-refractivity contribution in [3.63, 3.8) is 0 Å². The number of aliphatic hydroxyl groups is 1. The van der Waals surface area contributed by atoms with Gasteiger partial charge in [0.25, 0.3) is 0 Å². The minimum Gasteiger partial charge on any atom is -0.497 e. The van der Waals surface area contributed by atoms with E-state index in [2.05, 4.69) is 4.98 Å². The van der Waals surface area contributed by atoms with Crippen LogP contribution in [0.25, 0.3) is 0 Å². The van der Waals surface area contributed by atoms with E-state index >= 15 is 0 Å². The predicted molar refractivity (Wildman–Crippen MR) is 67.8 cm³/mol. The molecule has 4 nitrogen and oxygen atoms in total. The van der Waals surface area contributed by atoms with Crippen molar-refractivity contribution in [2.75, 3.05) is 14.2 Å². The third-order valence-electron chi connectivity index (χ3n) is 2.69. The standard InChI is InChI=1S/C14H15NO3/c1-17-11-6-3-5-10(9-11)14(16)13-12(18-2)7-4-8-15-13/h3-9,14,16H,1-2H3. The minimum absolute atomic E-state index is 0.494. The molecule has 4 heteroatoms. The fourth-order valence-electron chi connectivity index (χ4n) is 1.75. The SMILES string of the molecule is COc1cccc(C(O)c2ncccc2OC)c1. The second kappa shape index (κ2) is 5.51. The number of rotatable bonds is 4. The molecular formula is C14H15NO3. The molecule has 0 bridgehead atoms. The highest BCUT2D eigenvalue weighted by molar-refractivity contribution is 5.38. The highest BCUT2D eigenvalue weighted by Gasteiger charge is 2.16. The van der Waals surface area contributed by atoms with Gasteiger partial charge in [0.2, 0.25) is 0 Å². The summed E-state index contributed by atoms with van der Waals surface area (Å²) in [5.41, 5.74) is 1.21. The van der Waals surface area contributed by atoms with Gasteiger partial charge in [-0.15, -0.1) is 0 Å². The minimum atomic E-state index is -0.837. The maximum atomic E-state index is 10.3. The molecule has 1 aromatic carbocycles. The first-order chi connectivity index (χ1) is 8.76. The van der Waals surface area contributed by atoms with Crippen LogP contribution in [0, 0.1) is 0 Å². The molecule has 0 spiro atoms. The molecule has 2 aromatic rings. The first-order valence-electron chi connectivity index (χ1n) is 5.57. The summed E-state index contributed by atoms with van der Waals surface area (Å²) >= 11 is 0. The van der Waals surface area contributed by atoms with Crippen molar-refractivity contribution in [1.29, 1.82) is 0 Å². The van der Waals surface area contributed by atoms with E-state index in [0.717, 1.165) is 0 Å². The van der Waals surface area contributed by atoms with E-state index in [1.807, 2.05) is 18.2 Å². The van der Waals surface area contributed by atoms with Crippen molar-refractivity contribution in [2.45, 2.75) is 6.10 Å². The van der Waals surface area contributed by atoms with Crippen LogP contribution < -0.4 is 9.47 Å². The van der Waals surface area contributed by atoms with Crippen LogP contribution in [0.15, 0.2) is 42.6 Å². The smallest absolute Gasteiger partial charge is 0.143 e. The first kappa shape index (κ1) is 12.4. The van der Waals surface area contributed by atoms with Crippen molar-refractivity contribution in [3.05, 3.63) is 53.9 Å². The van der Waals surface area contributed by atoms with Crippen LogP contribution in [-0.2, 0) is 0 Å². The summed E-state index contributed by atoms with van der Waals surface area (Å²) in [5.74, 6) is 1.26. The van der Waals surface area contributed by atoms with Crippen LogP contribution in [0.3, 0.4) is 0 Å². The average Bonchev–Trinajstić information content (AvgIpc) is 2.46. The maximum absolute atomic E-state index is 10.3. The van der Waals surface area contributed by atoms with Gasteiger partial charge in [-0.3, -0.25) is 4.98 Å². The van der Waals surface area contributed by atoms with Gasteiger partial charge in [0.05, 0.1) is 14.2 Å². The summed E-state index contributed by atoms with van der Waals surface area (Å²) in [6, 6.07) is 10.8. The van der Waals surface area contributed by atoms with Crippen molar-refractivity contribution >= 4 is 0 Å². The largest absolute Gasteiger partial charge is 0.497 e. The highest BCUT2D eigenvalue weighted by atomic mass is 16.5. The second-order valence-corrected chi connectivity index (χ2v) is 3.77. The number of nitrogens with zero attached hydrogens (tertiary/aromatic N) is 1. The summed E-state index contributed by atoms with van der Waals surface area (Å²) in [7, 11) is 3.14. The Morgan fingerprint density at radius 3 is 2.67 bits per heavy atom. The molecule has 1 heterocycles. The third-order valence-corrected chi connectivity index (χ3v) is 2.69. The Morgan fingerprint density at radius 2 is 1.94 bits per heavy atom. The van der Waals surface area contributed by atoms with Gasteiger partial charge in [-0.2, -0.15) is 0 Å². The quantitative estimate of drug-likeness (QED) is 0.897. The van der Waals surface area contributed by atoms with Gasteiger partial charge < -0.3 is 14.6 Å². The molecule has 0 radical (unpaired) electrons. The molecule has 0 aliphatic heterocycles. The van der Waals surface area contributed by atoms with Crippen molar-refractivity contribution in [2.24, 2.45) is 0 Å². The third kappa shape index (κ3) is 2.43. The lowest BCUT2D eigenvalue weighted by Gasteiger charge is -2.14. The molecular weight excluding hydrogens is 230 g/mol. The maximum Gasteiger partial charge on any atom is 0.143 e. The zero-order chi connectivity index (χ0) is 13.0. The molecule has 1 atom stereocenters. The molecule has 0 saturated heterocycles. The number of aliphatic hydroxyl groups excluding tert-OH is 1. The molecule has 1 aromatic heterocycles. The number of ether oxygens (including phenoxy) is 2. The molecule has 0 amide bonds. The number of methoxy groups -OCH3 is 2. The van der Waals surface area contributed by atoms with E-state index in [1.165, 1.54) is 0 Å². The zero-order valence-corrected chi connectivity index (χ0v) is 10.3. The lowest BCUT2D eigenvalue weighted by molar-refractivity contribution is 0.209. The van der Waals surface area contributed by atoms with Crippen LogP contribution in [0.4, 0.5) is 0 Å². The zero-order valence-electron chi connectivity index (χ0n) is 10.3. The van der Waals surface area contributed by atoms with Gasteiger partial charge in [0.15, 0.2) is 0 Å². The summed E-state index contributed by atoms with van der Waals surface area (Å²) in [4.78, 5) is 4.17. The van der Waals surface area contributed by atoms with E-state index < -0.39 is 6.10 Å². The number of aromatic nitrogens is 1. The van der Waals surface area contributed by atoms with Crippen molar-refractivity contribution in [3.8, 4) is 11.5 Å². The normalized spacial score (nSPS) is 11.9. The highest BCUT2D eigenvalue weighted by Crippen LogP contribution is 2.29. The Labute approximate surface area is 106 Å². The number of benzene rings is 1. The fraction of sp³-hybridized carbons (Fsp3) is 0.214. The molecule has 1 N–H and O–H groups in total. The van der Waals surface area contributed by atoms with E-state index in [9.17, 15) is 5.11 Å². The summed E-state index contributed by atoms with van der Waals surface area (Å²) < 4.78 is 10.3. The van der Waals surface area contributed by atoms with Crippen molar-refractivity contribution in [1.82, 2.24) is 4.98 Å². The monoisotopic (exact) mass is 245 g/mol. The van der Waals surface area contributed by atoms with Crippen LogP contribution >= 0.6 is 0 Å². The van der Waals surface area contributed by atoms with Gasteiger partial charge >= 0.3 is 0 Å². The second-order valence-electron chi connectivity index (χ2n) is 3.77. The van der Waals surface area contributed by atoms with Gasteiger partial charge in [-0.05, 0) is 29.8 Å². The first-order valence-corrected chi connectivity index (χ1v) is 5.57. The Balaban J connectivity index is 2.37. The van der Waals surface area contributed by atoms with E-state index in [-0.39, 0.29) is 0 Å². The lowest BCUT2D eigenvalue weighted by atomic mass is 10.1. The molecule has 0 saturated carbocycles. The van der Waals surface area contributed by atoms with E-state index in [4.69, 9.17) is 9.47 Å². The number of hydrogen-bond acceptors (Lipinski definition) is 4. The van der Waals surface area contributed by atoms with Crippen molar-refractivity contribution < 1.29 is 14.6 Å². The van der Waals surface area contributed by atoms with Crippen LogP contribution in [0.5, 0.6) is 11.5 Å². The molecule has 0 aliphatic rings. The topological polar surface area (TPSA) is 51.6 Å². The summed E-state index contributed by atoms with van der Waals surface area (Å²) in [5, 5.41) is 10.3.